The second-order valence-electron chi connectivity index (χ2n) is 6.19. The molecule has 0 radical (unpaired) electrons. The van der Waals surface area contributed by atoms with Gasteiger partial charge in [-0.1, -0.05) is 0 Å². The van der Waals surface area contributed by atoms with Gasteiger partial charge in [-0.25, -0.2) is 9.37 Å². The Labute approximate surface area is 134 Å². The molecule has 0 unspecified atom stereocenters. The molecule has 4 nitrogen and oxygen atoms in total. The SMILES string of the molecule is Cn1nc2c(c1-c1cc(F)cc(Cn3ccnc3)c1)CCCC2. The normalized spacial score (nSPS) is 14.0. The molecule has 0 saturated heterocycles. The van der Waals surface area contributed by atoms with E-state index in [2.05, 4.69) is 16.1 Å². The lowest BCUT2D eigenvalue weighted by atomic mass is 9.93. The van der Waals surface area contributed by atoms with E-state index in [1.165, 1.54) is 24.1 Å². The fraction of sp³-hybridized carbons (Fsp3) is 0.333. The van der Waals surface area contributed by atoms with Crippen molar-refractivity contribution in [1.29, 1.82) is 0 Å². The monoisotopic (exact) mass is 310 g/mol. The van der Waals surface area contributed by atoms with Crippen LogP contribution in [0.4, 0.5) is 4.39 Å². The molecule has 0 fully saturated rings. The minimum absolute atomic E-state index is 0.205. The number of fused-ring (bicyclic) bond motifs is 1. The van der Waals surface area contributed by atoms with Gasteiger partial charge in [-0.2, -0.15) is 5.10 Å². The maximum Gasteiger partial charge on any atom is 0.124 e. The summed E-state index contributed by atoms with van der Waals surface area (Å²) in [6, 6.07) is 5.27. The van der Waals surface area contributed by atoms with Crippen molar-refractivity contribution in [3.8, 4) is 11.3 Å². The lowest BCUT2D eigenvalue weighted by Crippen LogP contribution is -2.02. The molecule has 0 bridgehead atoms. The van der Waals surface area contributed by atoms with Crippen molar-refractivity contribution in [2.24, 2.45) is 7.05 Å². The van der Waals surface area contributed by atoms with Crippen LogP contribution in [0, 0.1) is 5.82 Å². The van der Waals surface area contributed by atoms with E-state index in [1.54, 1.807) is 24.7 Å². The Morgan fingerprint density at radius 1 is 1.17 bits per heavy atom. The third-order valence-corrected chi connectivity index (χ3v) is 4.47. The van der Waals surface area contributed by atoms with Crippen molar-refractivity contribution in [2.75, 3.05) is 0 Å². The van der Waals surface area contributed by atoms with E-state index in [0.29, 0.717) is 6.54 Å². The van der Waals surface area contributed by atoms with Crippen LogP contribution in [0.5, 0.6) is 0 Å². The first-order valence-corrected chi connectivity index (χ1v) is 8.01. The second-order valence-corrected chi connectivity index (χ2v) is 6.19. The van der Waals surface area contributed by atoms with Crippen LogP contribution in [-0.2, 0) is 26.4 Å². The molecule has 0 amide bonds. The average Bonchev–Trinajstić information content (AvgIpc) is 3.12. The molecule has 0 N–H and O–H groups in total. The van der Waals surface area contributed by atoms with Crippen LogP contribution in [0.2, 0.25) is 0 Å². The molecule has 23 heavy (non-hydrogen) atoms. The number of hydrogen-bond donors (Lipinski definition) is 0. The number of nitrogens with zero attached hydrogens (tertiary/aromatic N) is 4. The Balaban J connectivity index is 1.77. The Bertz CT molecular complexity index is 833. The van der Waals surface area contributed by atoms with Crippen LogP contribution in [0.3, 0.4) is 0 Å². The zero-order chi connectivity index (χ0) is 15.8. The highest BCUT2D eigenvalue weighted by Crippen LogP contribution is 2.32. The summed E-state index contributed by atoms with van der Waals surface area (Å²) in [6.45, 7) is 0.616. The third-order valence-electron chi connectivity index (χ3n) is 4.47. The topological polar surface area (TPSA) is 35.6 Å². The van der Waals surface area contributed by atoms with E-state index in [1.807, 2.05) is 22.5 Å². The third kappa shape index (κ3) is 2.67. The molecular weight excluding hydrogens is 291 g/mol. The van der Waals surface area contributed by atoms with Gasteiger partial charge in [-0.05, 0) is 49.4 Å². The summed E-state index contributed by atoms with van der Waals surface area (Å²) in [5.74, 6) is -0.205. The zero-order valence-corrected chi connectivity index (χ0v) is 13.2. The second kappa shape index (κ2) is 5.65. The fourth-order valence-electron chi connectivity index (χ4n) is 3.51. The molecular formula is C18H19FN4. The standard InChI is InChI=1S/C18H19FN4/c1-22-18(16-4-2-3-5-17(16)21-22)14-8-13(9-15(19)10-14)11-23-7-6-20-12-23/h6-10,12H,2-5,11H2,1H3. The number of rotatable bonds is 3. The highest BCUT2D eigenvalue weighted by Gasteiger charge is 2.20. The predicted molar refractivity (Wildman–Crippen MR) is 86.6 cm³/mol. The van der Waals surface area contributed by atoms with Crippen LogP contribution in [0.1, 0.15) is 29.7 Å². The van der Waals surface area contributed by atoms with Gasteiger partial charge in [0.2, 0.25) is 0 Å². The molecule has 1 aliphatic carbocycles. The smallest absolute Gasteiger partial charge is 0.124 e. The summed E-state index contributed by atoms with van der Waals surface area (Å²) in [5, 5.41) is 4.64. The van der Waals surface area contributed by atoms with Gasteiger partial charge in [0.15, 0.2) is 0 Å². The van der Waals surface area contributed by atoms with Crippen LogP contribution < -0.4 is 0 Å². The molecule has 0 atom stereocenters. The number of aryl methyl sites for hydroxylation is 2. The number of imidazole rings is 1. The van der Waals surface area contributed by atoms with Gasteiger partial charge in [-0.3, -0.25) is 4.68 Å². The van der Waals surface area contributed by atoms with Crippen molar-refractivity contribution in [2.45, 2.75) is 32.2 Å². The van der Waals surface area contributed by atoms with E-state index in [4.69, 9.17) is 0 Å². The van der Waals surface area contributed by atoms with Crippen LogP contribution >= 0.6 is 0 Å². The van der Waals surface area contributed by atoms with Crippen molar-refractivity contribution in [3.63, 3.8) is 0 Å². The summed E-state index contributed by atoms with van der Waals surface area (Å²) >= 11 is 0. The summed E-state index contributed by atoms with van der Waals surface area (Å²) < 4.78 is 18.0. The molecule has 2 heterocycles. The Hall–Kier alpha value is -2.43. The minimum atomic E-state index is -0.205. The van der Waals surface area contributed by atoms with Gasteiger partial charge in [0.25, 0.3) is 0 Å². The number of aromatic nitrogens is 4. The van der Waals surface area contributed by atoms with Crippen molar-refractivity contribution < 1.29 is 4.39 Å². The van der Waals surface area contributed by atoms with E-state index in [-0.39, 0.29) is 5.82 Å². The molecule has 0 aliphatic heterocycles. The molecule has 5 heteroatoms. The lowest BCUT2D eigenvalue weighted by molar-refractivity contribution is 0.623. The minimum Gasteiger partial charge on any atom is -0.333 e. The highest BCUT2D eigenvalue weighted by atomic mass is 19.1. The maximum absolute atomic E-state index is 14.2. The zero-order valence-electron chi connectivity index (χ0n) is 13.2. The molecule has 1 aliphatic rings. The first-order valence-electron chi connectivity index (χ1n) is 8.01. The maximum atomic E-state index is 14.2. The number of hydrogen-bond acceptors (Lipinski definition) is 2. The molecule has 118 valence electrons. The highest BCUT2D eigenvalue weighted by molar-refractivity contribution is 5.66. The Morgan fingerprint density at radius 2 is 2.04 bits per heavy atom. The van der Waals surface area contributed by atoms with Gasteiger partial charge in [0.1, 0.15) is 5.82 Å². The van der Waals surface area contributed by atoms with Gasteiger partial charge >= 0.3 is 0 Å². The van der Waals surface area contributed by atoms with Crippen LogP contribution in [-0.4, -0.2) is 19.3 Å². The summed E-state index contributed by atoms with van der Waals surface area (Å²) in [7, 11) is 1.95. The first kappa shape index (κ1) is 14.2. The summed E-state index contributed by atoms with van der Waals surface area (Å²) in [5.41, 5.74) is 5.38. The van der Waals surface area contributed by atoms with E-state index >= 15 is 0 Å². The van der Waals surface area contributed by atoms with Crippen LogP contribution in [0.25, 0.3) is 11.3 Å². The van der Waals surface area contributed by atoms with Crippen molar-refractivity contribution >= 4 is 0 Å². The molecule has 2 aromatic heterocycles. The quantitative estimate of drug-likeness (QED) is 0.744. The number of benzene rings is 1. The Kier molecular flexibility index (Phi) is 3.48. The largest absolute Gasteiger partial charge is 0.333 e. The lowest BCUT2D eigenvalue weighted by Gasteiger charge is -2.13. The fourth-order valence-corrected chi connectivity index (χ4v) is 3.51. The summed E-state index contributed by atoms with van der Waals surface area (Å²) in [6.07, 6.45) is 9.80. The van der Waals surface area contributed by atoms with Gasteiger partial charge in [-0.15, -0.1) is 0 Å². The van der Waals surface area contributed by atoms with E-state index in [9.17, 15) is 4.39 Å². The molecule has 1 aromatic carbocycles. The summed E-state index contributed by atoms with van der Waals surface area (Å²) in [4.78, 5) is 4.04. The molecule has 0 saturated carbocycles. The van der Waals surface area contributed by atoms with E-state index in [0.717, 1.165) is 29.7 Å². The van der Waals surface area contributed by atoms with E-state index < -0.39 is 0 Å². The molecule has 4 rings (SSSR count). The van der Waals surface area contributed by atoms with Gasteiger partial charge in [0, 0.05) is 37.1 Å². The van der Waals surface area contributed by atoms with Crippen molar-refractivity contribution in [3.05, 3.63) is 59.6 Å². The van der Waals surface area contributed by atoms with Crippen LogP contribution in [0.15, 0.2) is 36.9 Å². The van der Waals surface area contributed by atoms with Gasteiger partial charge in [0.05, 0.1) is 17.7 Å². The Morgan fingerprint density at radius 3 is 2.87 bits per heavy atom. The number of halogens is 1. The molecule has 3 aromatic rings. The van der Waals surface area contributed by atoms with Crippen molar-refractivity contribution in [1.82, 2.24) is 19.3 Å². The predicted octanol–water partition coefficient (Wildman–Crippen LogP) is 3.35. The van der Waals surface area contributed by atoms with Gasteiger partial charge < -0.3 is 4.57 Å². The molecule has 0 spiro atoms. The first-order chi connectivity index (χ1) is 11.2. The average molecular weight is 310 g/mol.